The molecule has 0 aromatic carbocycles. The molecule has 4 rings (SSSR count). The van der Waals surface area contributed by atoms with Crippen LogP contribution in [0.4, 0.5) is 0 Å². The van der Waals surface area contributed by atoms with Crippen molar-refractivity contribution in [2.45, 2.75) is 65.2 Å². The molecule has 0 saturated heterocycles. The number of hydrogen-bond donors (Lipinski definition) is 0. The topological polar surface area (TPSA) is 67.7 Å². The minimum atomic E-state index is -0.0479. The molecule has 1 fully saturated rings. The summed E-state index contributed by atoms with van der Waals surface area (Å²) in [6, 6.07) is 0. The van der Waals surface area contributed by atoms with Gasteiger partial charge in [0.05, 0.1) is 23.7 Å². The standard InChI is InChI=1S/C24H34N4O2S2/c1-3-30-24-27-21-9-12-28(13-10-22(21)32-24)11-8-18-4-6-19(7-5-18)15-26-23(29)14-20-16-25-17(2)31-20/h15-16,18-19H,3-14H2,1-2H3. The Kier molecular flexibility index (Phi) is 8.43. The molecule has 2 aromatic heterocycles. The highest BCUT2D eigenvalue weighted by atomic mass is 32.1. The van der Waals surface area contributed by atoms with Gasteiger partial charge in [0.2, 0.25) is 0 Å². The maximum absolute atomic E-state index is 12.1. The Morgan fingerprint density at radius 1 is 1.25 bits per heavy atom. The molecular formula is C24H34N4O2S2. The van der Waals surface area contributed by atoms with E-state index in [-0.39, 0.29) is 5.91 Å². The highest BCUT2D eigenvalue weighted by Crippen LogP contribution is 2.31. The average Bonchev–Trinajstić information content (AvgIpc) is 3.32. The fourth-order valence-corrected chi connectivity index (χ4v) is 6.44. The molecule has 2 aliphatic rings. The first kappa shape index (κ1) is 23.5. The predicted octanol–water partition coefficient (Wildman–Crippen LogP) is 4.74. The van der Waals surface area contributed by atoms with E-state index in [1.807, 2.05) is 20.1 Å². The molecule has 2 aromatic rings. The van der Waals surface area contributed by atoms with Crippen molar-refractivity contribution in [3.8, 4) is 5.19 Å². The van der Waals surface area contributed by atoms with Gasteiger partial charge in [-0.1, -0.05) is 11.3 Å². The Bertz CT molecular complexity index is 889. The molecule has 0 radical (unpaired) electrons. The summed E-state index contributed by atoms with van der Waals surface area (Å²) in [6.07, 6.45) is 12.3. The van der Waals surface area contributed by atoms with Crippen LogP contribution in [-0.4, -0.2) is 53.2 Å². The van der Waals surface area contributed by atoms with Crippen molar-refractivity contribution in [1.82, 2.24) is 14.9 Å². The van der Waals surface area contributed by atoms with Crippen LogP contribution in [0.15, 0.2) is 11.2 Å². The third kappa shape index (κ3) is 6.68. The van der Waals surface area contributed by atoms with E-state index in [0.717, 1.165) is 59.8 Å². The first-order valence-electron chi connectivity index (χ1n) is 11.9. The summed E-state index contributed by atoms with van der Waals surface area (Å²) in [5, 5.41) is 1.84. The van der Waals surface area contributed by atoms with E-state index in [0.29, 0.717) is 18.9 Å². The first-order valence-corrected chi connectivity index (χ1v) is 13.5. The Balaban J connectivity index is 1.14. The highest BCUT2D eigenvalue weighted by Gasteiger charge is 2.23. The van der Waals surface area contributed by atoms with Crippen molar-refractivity contribution in [3.63, 3.8) is 0 Å². The molecule has 0 spiro atoms. The number of carbonyl (C=O) groups is 1. The molecule has 0 atom stereocenters. The zero-order chi connectivity index (χ0) is 22.3. The van der Waals surface area contributed by atoms with Crippen molar-refractivity contribution < 1.29 is 9.53 Å². The van der Waals surface area contributed by atoms with Gasteiger partial charge in [0.1, 0.15) is 0 Å². The summed E-state index contributed by atoms with van der Waals surface area (Å²) in [6.45, 7) is 8.08. The van der Waals surface area contributed by atoms with Crippen molar-refractivity contribution >= 4 is 34.8 Å². The van der Waals surface area contributed by atoms with Crippen LogP contribution in [0.2, 0.25) is 0 Å². The number of amides is 1. The van der Waals surface area contributed by atoms with E-state index in [9.17, 15) is 4.79 Å². The first-order chi connectivity index (χ1) is 15.6. The molecule has 1 amide bonds. The summed E-state index contributed by atoms with van der Waals surface area (Å²) in [5.41, 5.74) is 1.25. The zero-order valence-corrected chi connectivity index (χ0v) is 20.8. The number of carbonyl (C=O) groups excluding carboxylic acids is 1. The lowest BCUT2D eigenvalue weighted by molar-refractivity contribution is -0.117. The van der Waals surface area contributed by atoms with Crippen molar-refractivity contribution in [1.29, 1.82) is 0 Å². The number of aryl methyl sites for hydroxylation is 1. The summed E-state index contributed by atoms with van der Waals surface area (Å²) in [5.74, 6) is 1.21. The minimum Gasteiger partial charge on any atom is -0.470 e. The van der Waals surface area contributed by atoms with Gasteiger partial charge < -0.3 is 9.64 Å². The fourth-order valence-electron chi connectivity index (χ4n) is 4.66. The largest absolute Gasteiger partial charge is 0.470 e. The molecular weight excluding hydrogens is 440 g/mol. The van der Waals surface area contributed by atoms with Crippen LogP contribution in [0.5, 0.6) is 5.19 Å². The predicted molar refractivity (Wildman–Crippen MR) is 131 cm³/mol. The van der Waals surface area contributed by atoms with Crippen molar-refractivity contribution in [2.24, 2.45) is 16.8 Å². The summed E-state index contributed by atoms with van der Waals surface area (Å²) < 4.78 is 5.58. The number of rotatable bonds is 8. The molecule has 174 valence electrons. The Hall–Kier alpha value is -1.64. The van der Waals surface area contributed by atoms with E-state index >= 15 is 0 Å². The summed E-state index contributed by atoms with van der Waals surface area (Å²) in [7, 11) is 0. The van der Waals surface area contributed by atoms with E-state index < -0.39 is 0 Å². The summed E-state index contributed by atoms with van der Waals surface area (Å²) >= 11 is 3.31. The quantitative estimate of drug-likeness (QED) is 0.517. The molecule has 0 bridgehead atoms. The third-order valence-electron chi connectivity index (χ3n) is 6.52. The van der Waals surface area contributed by atoms with Gasteiger partial charge in [0.15, 0.2) is 0 Å². The number of ether oxygens (including phenoxy) is 1. The van der Waals surface area contributed by atoms with Crippen LogP contribution in [0.1, 0.15) is 59.5 Å². The fraction of sp³-hybridized carbons (Fsp3) is 0.667. The Morgan fingerprint density at radius 2 is 2.06 bits per heavy atom. The summed E-state index contributed by atoms with van der Waals surface area (Å²) in [4.78, 5) is 30.3. The molecule has 0 unspecified atom stereocenters. The molecule has 8 heteroatoms. The minimum absolute atomic E-state index is 0.0479. The molecule has 1 aliphatic carbocycles. The van der Waals surface area contributed by atoms with E-state index in [1.54, 1.807) is 28.9 Å². The molecule has 6 nitrogen and oxygen atoms in total. The Morgan fingerprint density at radius 3 is 2.81 bits per heavy atom. The number of thiazole rings is 2. The van der Waals surface area contributed by atoms with Crippen molar-refractivity contribution in [3.05, 3.63) is 26.7 Å². The average molecular weight is 475 g/mol. The molecule has 0 N–H and O–H groups in total. The monoisotopic (exact) mass is 474 g/mol. The van der Waals surface area contributed by atoms with E-state index in [1.165, 1.54) is 36.4 Å². The van der Waals surface area contributed by atoms with Gasteiger partial charge in [-0.05, 0) is 70.8 Å². The number of aliphatic imine (C=N–C) groups is 1. The van der Waals surface area contributed by atoms with Crippen LogP contribution in [0, 0.1) is 18.8 Å². The lowest BCUT2D eigenvalue weighted by Gasteiger charge is -2.28. The van der Waals surface area contributed by atoms with Gasteiger partial charge in [0, 0.05) is 41.7 Å². The molecule has 3 heterocycles. The number of aromatic nitrogens is 2. The molecule has 1 saturated carbocycles. The van der Waals surface area contributed by atoms with E-state index in [2.05, 4.69) is 19.9 Å². The van der Waals surface area contributed by atoms with E-state index in [4.69, 9.17) is 4.74 Å². The van der Waals surface area contributed by atoms with Gasteiger partial charge in [-0.3, -0.25) is 4.79 Å². The zero-order valence-electron chi connectivity index (χ0n) is 19.2. The SMILES string of the molecule is CCOc1nc2c(s1)CCN(CCC1CCC(C=NC(=O)Cc3cnc(C)s3)CC1)CC2. The smallest absolute Gasteiger partial charge is 0.273 e. The number of hydrogen-bond acceptors (Lipinski definition) is 7. The van der Waals surface area contributed by atoms with Crippen LogP contribution in [0.3, 0.4) is 0 Å². The van der Waals surface area contributed by atoms with Crippen LogP contribution in [-0.2, 0) is 24.1 Å². The highest BCUT2D eigenvalue weighted by molar-refractivity contribution is 7.13. The molecule has 1 aliphatic heterocycles. The second kappa shape index (κ2) is 11.5. The normalized spacial score (nSPS) is 22.1. The van der Waals surface area contributed by atoms with Gasteiger partial charge in [-0.2, -0.15) is 0 Å². The van der Waals surface area contributed by atoms with Gasteiger partial charge in [-0.15, -0.1) is 11.3 Å². The second-order valence-electron chi connectivity index (χ2n) is 8.89. The van der Waals surface area contributed by atoms with Crippen LogP contribution >= 0.6 is 22.7 Å². The lowest BCUT2D eigenvalue weighted by atomic mass is 9.81. The van der Waals surface area contributed by atoms with Gasteiger partial charge >= 0.3 is 0 Å². The van der Waals surface area contributed by atoms with Crippen LogP contribution < -0.4 is 4.74 Å². The number of fused-ring (bicyclic) bond motifs is 1. The second-order valence-corrected chi connectivity index (χ2v) is 11.3. The van der Waals surface area contributed by atoms with Crippen LogP contribution in [0.25, 0.3) is 0 Å². The van der Waals surface area contributed by atoms with Gasteiger partial charge in [0.25, 0.3) is 11.1 Å². The van der Waals surface area contributed by atoms with Gasteiger partial charge in [-0.25, -0.2) is 15.0 Å². The maximum atomic E-state index is 12.1. The molecule has 32 heavy (non-hydrogen) atoms. The van der Waals surface area contributed by atoms with Crippen molar-refractivity contribution in [2.75, 3.05) is 26.2 Å². The lowest BCUT2D eigenvalue weighted by Crippen LogP contribution is -2.29. The maximum Gasteiger partial charge on any atom is 0.273 e. The third-order valence-corrected chi connectivity index (χ3v) is 8.50. The Labute approximate surface area is 199 Å². The number of nitrogens with zero attached hydrogens (tertiary/aromatic N) is 4.